The van der Waals surface area contributed by atoms with Crippen molar-refractivity contribution in [2.75, 3.05) is 0 Å². The summed E-state index contributed by atoms with van der Waals surface area (Å²) in [5.74, 6) is -3.65. The summed E-state index contributed by atoms with van der Waals surface area (Å²) >= 11 is 0. The van der Waals surface area contributed by atoms with Crippen LogP contribution >= 0.6 is 0 Å². The fourth-order valence-electron chi connectivity index (χ4n) is 0. The molecule has 0 bridgehead atoms. The number of hydrogen-bond donors (Lipinski definition) is 8. The molecule has 0 atom stereocenters. The number of rotatable bonds is 0. The number of carbonyl (C=O) groups is 2. The van der Waals surface area contributed by atoms with Crippen LogP contribution in [0.4, 0.5) is 0 Å². The normalized spacial score (nSPS) is 3.38. The van der Waals surface area contributed by atoms with E-state index in [0.717, 1.165) is 0 Å². The Bertz CT molecular complexity index is 88.6. The van der Waals surface area contributed by atoms with Gasteiger partial charge in [-0.3, -0.25) is 0 Å². The molecule has 0 aliphatic heterocycles. The quantitative estimate of drug-likeness (QED) is 0.260. The minimum atomic E-state index is -1.82. The van der Waals surface area contributed by atoms with E-state index in [0.29, 0.717) is 0 Å². The maximum Gasteiger partial charge on any atom is 0.414 e. The second-order valence-corrected chi connectivity index (χ2v) is 0.610. The van der Waals surface area contributed by atoms with Gasteiger partial charge in [-0.2, -0.15) is 0 Å². The average molecular weight is 387 g/mol. The zero-order chi connectivity index (χ0) is 5.15. The smallest absolute Gasteiger partial charge is 0.414 e. The van der Waals surface area contributed by atoms with Crippen molar-refractivity contribution in [1.29, 1.82) is 0 Å². The third kappa shape index (κ3) is 87.4. The third-order valence-electron chi connectivity index (χ3n) is 0.183. The molecule has 10 nitrogen and oxygen atoms in total. The molecule has 0 saturated carbocycles. The van der Waals surface area contributed by atoms with Crippen molar-refractivity contribution in [3.63, 3.8) is 0 Å². The van der Waals surface area contributed by atoms with Gasteiger partial charge in [0.25, 0.3) is 0 Å². The maximum absolute atomic E-state index is 9.10. The molecule has 13 heavy (non-hydrogen) atoms. The van der Waals surface area contributed by atoms with E-state index < -0.39 is 11.9 Å². The summed E-state index contributed by atoms with van der Waals surface area (Å²) in [5.41, 5.74) is 0. The van der Waals surface area contributed by atoms with Gasteiger partial charge in [-0.05, 0) is 0 Å². The standard InChI is InChI=1S/C2H2O4.6H3N.Pt/c3-1(4)2(5)6;;;;;;;/h(H,3,4)(H,5,6);6*1H3;. The van der Waals surface area contributed by atoms with Crippen LogP contribution in [0.2, 0.25) is 0 Å². The van der Waals surface area contributed by atoms with Crippen LogP contribution < -0.4 is 36.9 Å². The van der Waals surface area contributed by atoms with E-state index in [2.05, 4.69) is 0 Å². The van der Waals surface area contributed by atoms with E-state index in [-0.39, 0.29) is 58.0 Å². The van der Waals surface area contributed by atoms with Crippen LogP contribution in [0.3, 0.4) is 0 Å². The largest absolute Gasteiger partial charge is 0.473 e. The van der Waals surface area contributed by atoms with Gasteiger partial charge >= 0.3 is 11.9 Å². The van der Waals surface area contributed by atoms with Crippen molar-refractivity contribution < 1.29 is 40.9 Å². The SMILES string of the molecule is N.N.N.N.N.N.O=C(O)C(=O)O.[Pt]. The van der Waals surface area contributed by atoms with Gasteiger partial charge in [0, 0.05) is 21.1 Å². The minimum absolute atomic E-state index is 0. The van der Waals surface area contributed by atoms with Gasteiger partial charge < -0.3 is 47.1 Å². The molecule has 0 heterocycles. The van der Waals surface area contributed by atoms with Crippen LogP contribution in [-0.4, -0.2) is 22.2 Å². The molecular formula is C2H20N6O4Pt. The molecule has 0 aliphatic carbocycles. The molecule has 0 amide bonds. The van der Waals surface area contributed by atoms with E-state index in [9.17, 15) is 0 Å². The third-order valence-corrected chi connectivity index (χ3v) is 0.183. The number of carboxylic acid groups (broad SMARTS) is 2. The van der Waals surface area contributed by atoms with Crippen molar-refractivity contribution in [2.24, 2.45) is 0 Å². The van der Waals surface area contributed by atoms with Crippen LogP contribution in [0, 0.1) is 0 Å². The van der Waals surface area contributed by atoms with Crippen molar-refractivity contribution in [2.45, 2.75) is 0 Å². The van der Waals surface area contributed by atoms with Gasteiger partial charge in [0.1, 0.15) is 0 Å². The Labute approximate surface area is 90.2 Å². The molecule has 0 radical (unpaired) electrons. The molecule has 0 saturated heterocycles. The second kappa shape index (κ2) is 42.3. The first kappa shape index (κ1) is 83.4. The summed E-state index contributed by atoms with van der Waals surface area (Å²) in [6.07, 6.45) is 0. The van der Waals surface area contributed by atoms with Crippen LogP contribution in [0.15, 0.2) is 0 Å². The molecular weight excluding hydrogens is 367 g/mol. The summed E-state index contributed by atoms with van der Waals surface area (Å²) in [4.78, 5) is 18.2. The number of aliphatic carboxylic acids is 2. The molecule has 0 aromatic rings. The molecule has 0 unspecified atom stereocenters. The first-order valence-electron chi connectivity index (χ1n) is 1.11. The van der Waals surface area contributed by atoms with Gasteiger partial charge in [-0.15, -0.1) is 0 Å². The van der Waals surface area contributed by atoms with Crippen LogP contribution in [0.5, 0.6) is 0 Å². The fourth-order valence-corrected chi connectivity index (χ4v) is 0. The van der Waals surface area contributed by atoms with E-state index in [4.69, 9.17) is 19.8 Å². The van der Waals surface area contributed by atoms with Crippen molar-refractivity contribution in [3.05, 3.63) is 0 Å². The fraction of sp³-hybridized carbons (Fsp3) is 0. The predicted octanol–water partition coefficient (Wildman–Crippen LogP) is 0.125. The predicted molar refractivity (Wildman–Crippen MR) is 45.4 cm³/mol. The molecule has 20 N–H and O–H groups in total. The zero-order valence-corrected chi connectivity index (χ0v) is 9.54. The first-order chi connectivity index (χ1) is 2.64. The Balaban J connectivity index is -0.00000000595. The summed E-state index contributed by atoms with van der Waals surface area (Å²) < 4.78 is 0. The number of hydrogen-bond acceptors (Lipinski definition) is 8. The van der Waals surface area contributed by atoms with Crippen molar-refractivity contribution in [3.8, 4) is 0 Å². The Kier molecular flexibility index (Phi) is 272. The molecule has 0 rings (SSSR count). The van der Waals surface area contributed by atoms with E-state index in [1.165, 1.54) is 0 Å². The van der Waals surface area contributed by atoms with E-state index in [1.807, 2.05) is 0 Å². The molecule has 92 valence electrons. The van der Waals surface area contributed by atoms with Crippen molar-refractivity contribution in [1.82, 2.24) is 36.9 Å². The monoisotopic (exact) mass is 387 g/mol. The van der Waals surface area contributed by atoms with E-state index in [1.54, 1.807) is 0 Å². The topological polar surface area (TPSA) is 285 Å². The summed E-state index contributed by atoms with van der Waals surface area (Å²) in [6, 6.07) is 0. The molecule has 0 spiro atoms. The van der Waals surface area contributed by atoms with Gasteiger partial charge in [0.05, 0.1) is 0 Å². The van der Waals surface area contributed by atoms with Gasteiger partial charge in [0.15, 0.2) is 0 Å². The average Bonchev–Trinajstić information content (AvgIpc) is 1.36. The minimum Gasteiger partial charge on any atom is -0.473 e. The van der Waals surface area contributed by atoms with Crippen LogP contribution in [0.25, 0.3) is 0 Å². The molecule has 0 fully saturated rings. The molecule has 11 heteroatoms. The summed E-state index contributed by atoms with van der Waals surface area (Å²) in [7, 11) is 0. The van der Waals surface area contributed by atoms with Gasteiger partial charge in [0.2, 0.25) is 0 Å². The zero-order valence-electron chi connectivity index (χ0n) is 7.27. The Morgan fingerprint density at radius 2 is 0.692 bits per heavy atom. The van der Waals surface area contributed by atoms with Crippen LogP contribution in [-0.2, 0) is 30.7 Å². The number of carboxylic acids is 2. The maximum atomic E-state index is 9.10. The summed E-state index contributed by atoms with van der Waals surface area (Å²) in [6.45, 7) is 0. The summed E-state index contributed by atoms with van der Waals surface area (Å²) in [5, 5.41) is 14.8. The second-order valence-electron chi connectivity index (χ2n) is 0.610. The molecule has 0 aromatic carbocycles. The van der Waals surface area contributed by atoms with E-state index >= 15 is 0 Å². The molecule has 0 aromatic heterocycles. The van der Waals surface area contributed by atoms with Crippen molar-refractivity contribution >= 4 is 11.9 Å². The van der Waals surface area contributed by atoms with Gasteiger partial charge in [-0.1, -0.05) is 0 Å². The Morgan fingerprint density at radius 3 is 0.692 bits per heavy atom. The first-order valence-corrected chi connectivity index (χ1v) is 1.11. The Hall–Kier alpha value is -0.612. The molecule has 0 aliphatic rings. The van der Waals surface area contributed by atoms with Crippen LogP contribution in [0.1, 0.15) is 0 Å². The van der Waals surface area contributed by atoms with Gasteiger partial charge in [-0.25, -0.2) is 9.59 Å². The Morgan fingerprint density at radius 1 is 0.615 bits per heavy atom.